The molecule has 0 bridgehead atoms. The minimum atomic E-state index is -0.796. The topological polar surface area (TPSA) is 75.6 Å². The number of hydrogen-bond donors (Lipinski definition) is 2. The molecule has 106 valence electrons. The molecule has 1 aliphatic heterocycles. The molecule has 20 heavy (non-hydrogen) atoms. The summed E-state index contributed by atoms with van der Waals surface area (Å²) >= 11 is 0. The fourth-order valence-corrected chi connectivity index (χ4v) is 2.95. The van der Waals surface area contributed by atoms with Crippen LogP contribution in [-0.4, -0.2) is 23.6 Å². The van der Waals surface area contributed by atoms with Gasteiger partial charge in [-0.05, 0) is 43.0 Å². The van der Waals surface area contributed by atoms with Crippen LogP contribution in [0.25, 0.3) is 0 Å². The molecule has 0 spiro atoms. The van der Waals surface area contributed by atoms with Crippen molar-refractivity contribution in [3.63, 3.8) is 0 Å². The molecule has 0 saturated heterocycles. The smallest absolute Gasteiger partial charge is 0.306 e. The van der Waals surface area contributed by atoms with Crippen LogP contribution >= 0.6 is 0 Å². The zero-order valence-corrected chi connectivity index (χ0v) is 11.1. The SMILES string of the molecule is O=C(O)[C@H]1CC[C@@H](C(=O)Nc2ccc3c(c2)CCO3)C1. The van der Waals surface area contributed by atoms with Crippen molar-refractivity contribution in [3.05, 3.63) is 23.8 Å². The lowest BCUT2D eigenvalue weighted by Crippen LogP contribution is -2.21. The van der Waals surface area contributed by atoms with Crippen LogP contribution in [0, 0.1) is 11.8 Å². The van der Waals surface area contributed by atoms with Gasteiger partial charge in [0.05, 0.1) is 12.5 Å². The number of ether oxygens (including phenoxy) is 1. The second-order valence-corrected chi connectivity index (χ2v) is 5.46. The van der Waals surface area contributed by atoms with Gasteiger partial charge in [0.25, 0.3) is 0 Å². The number of carboxylic acid groups (broad SMARTS) is 1. The van der Waals surface area contributed by atoms with E-state index >= 15 is 0 Å². The Labute approximate surface area is 116 Å². The second-order valence-electron chi connectivity index (χ2n) is 5.46. The number of aliphatic carboxylic acids is 1. The van der Waals surface area contributed by atoms with Gasteiger partial charge in [0.1, 0.15) is 5.75 Å². The van der Waals surface area contributed by atoms with E-state index in [1.165, 1.54) is 0 Å². The molecule has 0 unspecified atom stereocenters. The average Bonchev–Trinajstić information content (AvgIpc) is 3.07. The fraction of sp³-hybridized carbons (Fsp3) is 0.467. The van der Waals surface area contributed by atoms with Gasteiger partial charge < -0.3 is 15.2 Å². The van der Waals surface area contributed by atoms with E-state index in [1.807, 2.05) is 18.2 Å². The van der Waals surface area contributed by atoms with Crippen LogP contribution in [0.5, 0.6) is 5.75 Å². The second kappa shape index (κ2) is 5.15. The minimum absolute atomic E-state index is 0.0763. The quantitative estimate of drug-likeness (QED) is 0.885. The summed E-state index contributed by atoms with van der Waals surface area (Å²) in [4.78, 5) is 23.1. The summed E-state index contributed by atoms with van der Waals surface area (Å²) in [5.74, 6) is -0.558. The van der Waals surface area contributed by atoms with E-state index in [0.29, 0.717) is 25.9 Å². The van der Waals surface area contributed by atoms with E-state index in [2.05, 4.69) is 5.32 Å². The molecule has 2 N–H and O–H groups in total. The summed E-state index contributed by atoms with van der Waals surface area (Å²) in [6.45, 7) is 0.690. The number of carboxylic acids is 1. The van der Waals surface area contributed by atoms with Crippen LogP contribution < -0.4 is 10.1 Å². The predicted molar refractivity (Wildman–Crippen MR) is 72.7 cm³/mol. The molecule has 1 amide bonds. The van der Waals surface area contributed by atoms with Crippen molar-refractivity contribution in [2.75, 3.05) is 11.9 Å². The van der Waals surface area contributed by atoms with Crippen molar-refractivity contribution >= 4 is 17.6 Å². The van der Waals surface area contributed by atoms with Crippen LogP contribution in [-0.2, 0) is 16.0 Å². The Bertz CT molecular complexity index is 555. The lowest BCUT2D eigenvalue weighted by molar-refractivity contribution is -0.141. The molecule has 1 fully saturated rings. The number of hydrogen-bond acceptors (Lipinski definition) is 3. The molecule has 1 heterocycles. The highest BCUT2D eigenvalue weighted by Gasteiger charge is 2.33. The third-order valence-electron chi connectivity index (χ3n) is 4.11. The highest BCUT2D eigenvalue weighted by Crippen LogP contribution is 2.33. The molecule has 2 atom stereocenters. The number of fused-ring (bicyclic) bond motifs is 1. The third kappa shape index (κ3) is 2.48. The molecule has 1 aromatic carbocycles. The monoisotopic (exact) mass is 275 g/mol. The molecular formula is C15H17NO4. The first-order valence-corrected chi connectivity index (χ1v) is 6.93. The zero-order chi connectivity index (χ0) is 14.1. The molecule has 3 rings (SSSR count). The van der Waals surface area contributed by atoms with Crippen molar-refractivity contribution < 1.29 is 19.4 Å². The molecule has 1 aromatic rings. The summed E-state index contributed by atoms with van der Waals surface area (Å²) in [7, 11) is 0. The normalized spacial score (nSPS) is 24.0. The van der Waals surface area contributed by atoms with Gasteiger partial charge >= 0.3 is 5.97 Å². The van der Waals surface area contributed by atoms with E-state index < -0.39 is 5.97 Å². The molecule has 2 aliphatic rings. The average molecular weight is 275 g/mol. The number of anilines is 1. The van der Waals surface area contributed by atoms with Gasteiger partial charge in [0, 0.05) is 18.0 Å². The van der Waals surface area contributed by atoms with Gasteiger partial charge in [-0.15, -0.1) is 0 Å². The highest BCUT2D eigenvalue weighted by atomic mass is 16.5. The molecule has 5 heteroatoms. The van der Waals surface area contributed by atoms with E-state index in [4.69, 9.17) is 9.84 Å². The molecule has 0 aromatic heterocycles. The molecule has 5 nitrogen and oxygen atoms in total. The minimum Gasteiger partial charge on any atom is -0.493 e. The fourth-order valence-electron chi connectivity index (χ4n) is 2.95. The van der Waals surface area contributed by atoms with E-state index in [-0.39, 0.29) is 17.7 Å². The van der Waals surface area contributed by atoms with Gasteiger partial charge in [-0.25, -0.2) is 0 Å². The number of amides is 1. The Balaban J connectivity index is 1.63. The lowest BCUT2D eigenvalue weighted by atomic mass is 10.0. The summed E-state index contributed by atoms with van der Waals surface area (Å²) in [5, 5.41) is 11.8. The summed E-state index contributed by atoms with van der Waals surface area (Å²) in [6.07, 6.45) is 2.54. The van der Waals surface area contributed by atoms with Crippen molar-refractivity contribution in [2.24, 2.45) is 11.8 Å². The van der Waals surface area contributed by atoms with Crippen LogP contribution in [0.1, 0.15) is 24.8 Å². The Kier molecular flexibility index (Phi) is 3.34. The van der Waals surface area contributed by atoms with E-state index in [0.717, 1.165) is 23.4 Å². The first-order chi connectivity index (χ1) is 9.63. The van der Waals surface area contributed by atoms with Gasteiger partial charge in [-0.1, -0.05) is 0 Å². The lowest BCUT2D eigenvalue weighted by Gasteiger charge is -2.11. The Morgan fingerprint density at radius 3 is 2.80 bits per heavy atom. The van der Waals surface area contributed by atoms with Crippen LogP contribution in [0.2, 0.25) is 0 Å². The van der Waals surface area contributed by atoms with Crippen molar-refractivity contribution in [1.82, 2.24) is 0 Å². The maximum atomic E-state index is 12.1. The molecule has 0 radical (unpaired) electrons. The number of benzene rings is 1. The van der Waals surface area contributed by atoms with Crippen molar-refractivity contribution in [1.29, 1.82) is 0 Å². The summed E-state index contributed by atoms with van der Waals surface area (Å²) in [5.41, 5.74) is 1.87. The number of carbonyl (C=O) groups is 2. The van der Waals surface area contributed by atoms with Crippen molar-refractivity contribution in [3.8, 4) is 5.75 Å². The number of rotatable bonds is 3. The maximum absolute atomic E-state index is 12.1. The van der Waals surface area contributed by atoms with Gasteiger partial charge in [-0.3, -0.25) is 9.59 Å². The predicted octanol–water partition coefficient (Wildman–Crippen LogP) is 2.06. The van der Waals surface area contributed by atoms with Crippen LogP contribution in [0.3, 0.4) is 0 Å². The summed E-state index contributed by atoms with van der Waals surface area (Å²) < 4.78 is 5.42. The van der Waals surface area contributed by atoms with Crippen LogP contribution in [0.4, 0.5) is 5.69 Å². The largest absolute Gasteiger partial charge is 0.493 e. The molecule has 1 saturated carbocycles. The number of carbonyl (C=O) groups excluding carboxylic acids is 1. The Morgan fingerprint density at radius 1 is 1.25 bits per heavy atom. The Morgan fingerprint density at radius 2 is 2.05 bits per heavy atom. The van der Waals surface area contributed by atoms with Gasteiger partial charge in [-0.2, -0.15) is 0 Å². The Hall–Kier alpha value is -2.04. The molecular weight excluding hydrogens is 258 g/mol. The maximum Gasteiger partial charge on any atom is 0.306 e. The first kappa shape index (κ1) is 13.0. The summed E-state index contributed by atoms with van der Waals surface area (Å²) in [6, 6.07) is 5.63. The third-order valence-corrected chi connectivity index (χ3v) is 4.11. The van der Waals surface area contributed by atoms with Crippen molar-refractivity contribution in [2.45, 2.75) is 25.7 Å². The van der Waals surface area contributed by atoms with Gasteiger partial charge in [0.2, 0.25) is 5.91 Å². The van der Waals surface area contributed by atoms with Gasteiger partial charge in [0.15, 0.2) is 0 Å². The number of nitrogens with one attached hydrogen (secondary N) is 1. The standard InChI is InChI=1S/C15H17NO4/c17-14(10-1-2-11(7-10)15(18)19)16-12-3-4-13-9(8-12)5-6-20-13/h3-4,8,10-11H,1-2,5-7H2,(H,16,17)(H,18,19)/t10-,11+/m1/s1. The van der Waals surface area contributed by atoms with E-state index in [1.54, 1.807) is 0 Å². The van der Waals surface area contributed by atoms with E-state index in [9.17, 15) is 9.59 Å². The zero-order valence-electron chi connectivity index (χ0n) is 11.1. The molecule has 1 aliphatic carbocycles. The highest BCUT2D eigenvalue weighted by molar-refractivity contribution is 5.93. The first-order valence-electron chi connectivity index (χ1n) is 6.93. The van der Waals surface area contributed by atoms with Crippen LogP contribution in [0.15, 0.2) is 18.2 Å².